The zero-order chi connectivity index (χ0) is 13.7. The highest BCUT2D eigenvalue weighted by Crippen LogP contribution is 2.18. The van der Waals surface area contributed by atoms with Gasteiger partial charge in [-0.15, -0.1) is 0 Å². The number of methoxy groups -OCH3 is 1. The van der Waals surface area contributed by atoms with Crippen molar-refractivity contribution < 1.29 is 19.4 Å². The first-order valence-electron chi connectivity index (χ1n) is 5.49. The number of hydrogen-bond acceptors (Lipinski definition) is 3. The van der Waals surface area contributed by atoms with Crippen molar-refractivity contribution in [2.45, 2.75) is 24.3 Å². The smallest absolute Gasteiger partial charge is 0.336 e. The van der Waals surface area contributed by atoms with Crippen LogP contribution in [0.15, 0.2) is 24.3 Å². The number of Topliss-reactive ketones (excluding diaryl/α,β-unsaturated/α-hetero) is 1. The Hall–Kier alpha value is -1.20. The number of carboxylic acids is 1. The van der Waals surface area contributed by atoms with E-state index >= 15 is 0 Å². The summed E-state index contributed by atoms with van der Waals surface area (Å²) >= 11 is 3.37. The van der Waals surface area contributed by atoms with Gasteiger partial charge in [0.25, 0.3) is 0 Å². The summed E-state index contributed by atoms with van der Waals surface area (Å²) in [6, 6.07) is 6.22. The fourth-order valence-electron chi connectivity index (χ4n) is 1.51. The molecule has 0 aromatic heterocycles. The molecule has 0 radical (unpaired) electrons. The van der Waals surface area contributed by atoms with Crippen LogP contribution in [0.4, 0.5) is 0 Å². The molecule has 98 valence electrons. The Bertz CT molecular complexity index is 444. The molecule has 1 aromatic rings. The van der Waals surface area contributed by atoms with Gasteiger partial charge in [0.05, 0.1) is 11.7 Å². The van der Waals surface area contributed by atoms with Gasteiger partial charge >= 0.3 is 5.97 Å². The van der Waals surface area contributed by atoms with Gasteiger partial charge in [-0.3, -0.25) is 4.79 Å². The van der Waals surface area contributed by atoms with Crippen molar-refractivity contribution >= 4 is 27.7 Å². The van der Waals surface area contributed by atoms with Gasteiger partial charge in [-0.2, -0.15) is 0 Å². The predicted molar refractivity (Wildman–Crippen MR) is 71.5 cm³/mol. The van der Waals surface area contributed by atoms with E-state index in [1.165, 1.54) is 12.1 Å². The highest BCUT2D eigenvalue weighted by atomic mass is 79.9. The minimum absolute atomic E-state index is 0.0345. The first-order chi connectivity index (χ1) is 8.47. The molecule has 0 heterocycles. The van der Waals surface area contributed by atoms with E-state index in [-0.39, 0.29) is 34.3 Å². The van der Waals surface area contributed by atoms with Crippen LogP contribution < -0.4 is 0 Å². The SMILES string of the molecule is COC(C)C(Br)CC(=O)c1ccccc1C(=O)O. The highest BCUT2D eigenvalue weighted by molar-refractivity contribution is 9.09. The molecule has 2 atom stereocenters. The third kappa shape index (κ3) is 3.65. The summed E-state index contributed by atoms with van der Waals surface area (Å²) in [4.78, 5) is 22.9. The van der Waals surface area contributed by atoms with E-state index in [1.807, 2.05) is 6.92 Å². The normalized spacial score (nSPS) is 13.9. The van der Waals surface area contributed by atoms with Crippen LogP contribution >= 0.6 is 15.9 Å². The van der Waals surface area contributed by atoms with Crippen LogP contribution in [-0.4, -0.2) is 34.9 Å². The molecule has 0 aliphatic carbocycles. The maximum atomic E-state index is 12.1. The largest absolute Gasteiger partial charge is 0.478 e. The molecule has 1 rings (SSSR count). The second-order valence-corrected chi connectivity index (χ2v) is 5.11. The van der Waals surface area contributed by atoms with Crippen LogP contribution in [0.1, 0.15) is 34.1 Å². The van der Waals surface area contributed by atoms with Crippen molar-refractivity contribution in [3.63, 3.8) is 0 Å². The molecule has 5 heteroatoms. The number of carbonyl (C=O) groups excluding carboxylic acids is 1. The van der Waals surface area contributed by atoms with Crippen molar-refractivity contribution in [3.05, 3.63) is 35.4 Å². The Labute approximate surface area is 114 Å². The van der Waals surface area contributed by atoms with E-state index in [9.17, 15) is 9.59 Å². The summed E-state index contributed by atoms with van der Waals surface area (Å²) < 4.78 is 5.11. The summed E-state index contributed by atoms with van der Waals surface area (Å²) in [6.45, 7) is 1.84. The quantitative estimate of drug-likeness (QED) is 0.647. The number of benzene rings is 1. The second-order valence-electron chi connectivity index (χ2n) is 3.93. The minimum Gasteiger partial charge on any atom is -0.478 e. The number of hydrogen-bond donors (Lipinski definition) is 1. The van der Waals surface area contributed by atoms with Crippen molar-refractivity contribution in [1.82, 2.24) is 0 Å². The molecule has 0 saturated heterocycles. The van der Waals surface area contributed by atoms with E-state index in [1.54, 1.807) is 19.2 Å². The Balaban J connectivity index is 2.88. The first-order valence-corrected chi connectivity index (χ1v) is 6.41. The van der Waals surface area contributed by atoms with E-state index < -0.39 is 5.97 Å². The van der Waals surface area contributed by atoms with Crippen molar-refractivity contribution in [1.29, 1.82) is 0 Å². The third-order valence-electron chi connectivity index (χ3n) is 2.72. The van der Waals surface area contributed by atoms with Gasteiger partial charge in [-0.25, -0.2) is 4.79 Å². The number of aromatic carboxylic acids is 1. The topological polar surface area (TPSA) is 63.6 Å². The number of carboxylic acid groups (broad SMARTS) is 1. The lowest BCUT2D eigenvalue weighted by molar-refractivity contribution is 0.0691. The summed E-state index contributed by atoms with van der Waals surface area (Å²) in [5, 5.41) is 9.02. The number of ketones is 1. The lowest BCUT2D eigenvalue weighted by Crippen LogP contribution is -2.23. The molecule has 0 aliphatic heterocycles. The molecule has 4 nitrogen and oxygen atoms in total. The van der Waals surface area contributed by atoms with Gasteiger partial charge in [-0.05, 0) is 13.0 Å². The van der Waals surface area contributed by atoms with Crippen molar-refractivity contribution in [3.8, 4) is 0 Å². The van der Waals surface area contributed by atoms with Crippen LogP contribution in [0.25, 0.3) is 0 Å². The minimum atomic E-state index is -1.09. The molecule has 0 saturated carbocycles. The Morgan fingerprint density at radius 1 is 1.33 bits per heavy atom. The fourth-order valence-corrected chi connectivity index (χ4v) is 2.02. The van der Waals surface area contributed by atoms with E-state index in [0.717, 1.165) is 0 Å². The maximum Gasteiger partial charge on any atom is 0.336 e. The van der Waals surface area contributed by atoms with Gasteiger partial charge in [0, 0.05) is 23.9 Å². The summed E-state index contributed by atoms with van der Waals surface area (Å²) in [5.41, 5.74) is 0.269. The average Bonchev–Trinajstić information content (AvgIpc) is 2.37. The molecule has 2 unspecified atom stereocenters. The molecule has 0 bridgehead atoms. The molecule has 0 fully saturated rings. The number of carbonyl (C=O) groups is 2. The molecule has 1 aromatic carbocycles. The van der Waals surface area contributed by atoms with Gasteiger partial charge in [-0.1, -0.05) is 34.1 Å². The zero-order valence-corrected chi connectivity index (χ0v) is 11.8. The lowest BCUT2D eigenvalue weighted by atomic mass is 9.99. The zero-order valence-electron chi connectivity index (χ0n) is 10.2. The third-order valence-corrected chi connectivity index (χ3v) is 3.79. The molecular formula is C13H15BrO4. The molecule has 1 N–H and O–H groups in total. The number of halogens is 1. The predicted octanol–water partition coefficient (Wildman–Crippen LogP) is 2.76. The van der Waals surface area contributed by atoms with E-state index in [0.29, 0.717) is 0 Å². The van der Waals surface area contributed by atoms with Crippen LogP contribution in [-0.2, 0) is 4.74 Å². The van der Waals surface area contributed by atoms with Gasteiger partial charge in [0.2, 0.25) is 0 Å². The summed E-state index contributed by atoms with van der Waals surface area (Å²) in [7, 11) is 1.56. The van der Waals surface area contributed by atoms with Gasteiger partial charge in [0.1, 0.15) is 0 Å². The lowest BCUT2D eigenvalue weighted by Gasteiger charge is -2.16. The molecule has 18 heavy (non-hydrogen) atoms. The van der Waals surface area contributed by atoms with Crippen LogP contribution in [0.5, 0.6) is 0 Å². The van der Waals surface area contributed by atoms with E-state index in [2.05, 4.69) is 15.9 Å². The Morgan fingerprint density at radius 3 is 2.39 bits per heavy atom. The molecule has 0 aliphatic rings. The number of ether oxygens (including phenoxy) is 1. The van der Waals surface area contributed by atoms with Crippen molar-refractivity contribution in [2.24, 2.45) is 0 Å². The summed E-state index contributed by atoms with van der Waals surface area (Å²) in [6.07, 6.45) is 0.0743. The monoisotopic (exact) mass is 314 g/mol. The van der Waals surface area contributed by atoms with Gasteiger partial charge < -0.3 is 9.84 Å². The first kappa shape index (κ1) is 14.9. The number of rotatable bonds is 6. The molecule has 0 amide bonds. The highest BCUT2D eigenvalue weighted by Gasteiger charge is 2.21. The second kappa shape index (κ2) is 6.66. The fraction of sp³-hybridized carbons (Fsp3) is 0.385. The number of alkyl halides is 1. The molecular weight excluding hydrogens is 300 g/mol. The summed E-state index contributed by atoms with van der Waals surface area (Å²) in [5.74, 6) is -1.30. The van der Waals surface area contributed by atoms with Crippen LogP contribution in [0.2, 0.25) is 0 Å². The Morgan fingerprint density at radius 2 is 1.89 bits per heavy atom. The maximum absolute atomic E-state index is 12.1. The Kier molecular flexibility index (Phi) is 5.50. The molecule has 0 spiro atoms. The average molecular weight is 315 g/mol. The van der Waals surface area contributed by atoms with Crippen LogP contribution in [0, 0.1) is 0 Å². The van der Waals surface area contributed by atoms with E-state index in [4.69, 9.17) is 9.84 Å². The van der Waals surface area contributed by atoms with Crippen molar-refractivity contribution in [2.75, 3.05) is 7.11 Å². The van der Waals surface area contributed by atoms with Gasteiger partial charge in [0.15, 0.2) is 5.78 Å². The van der Waals surface area contributed by atoms with Crippen LogP contribution in [0.3, 0.4) is 0 Å². The standard InChI is InChI=1S/C13H15BrO4/c1-8(18-2)11(14)7-12(15)9-5-3-4-6-10(9)13(16)17/h3-6,8,11H,7H2,1-2H3,(H,16,17).